The van der Waals surface area contributed by atoms with Crippen molar-refractivity contribution in [2.24, 2.45) is 0 Å². The predicted molar refractivity (Wildman–Crippen MR) is 64.2 cm³/mol. The fourth-order valence-corrected chi connectivity index (χ4v) is 2.14. The number of aryl methyl sites for hydroxylation is 1. The Bertz CT molecular complexity index is 515. The molecule has 3 heteroatoms. The van der Waals surface area contributed by atoms with E-state index in [1.54, 1.807) is 31.2 Å². The lowest BCUT2D eigenvalue weighted by atomic mass is 10.0. The van der Waals surface area contributed by atoms with E-state index in [1.807, 2.05) is 0 Å². The molecule has 0 heterocycles. The zero-order valence-corrected chi connectivity index (χ0v) is 10.2. The SMILES string of the molecule is Cc1cc(-c2c(F)cccc2Br)ccc1F. The van der Waals surface area contributed by atoms with E-state index in [0.717, 1.165) is 0 Å². The second-order valence-corrected chi connectivity index (χ2v) is 4.41. The van der Waals surface area contributed by atoms with Crippen LogP contribution < -0.4 is 0 Å². The molecule has 0 amide bonds. The first-order valence-electron chi connectivity index (χ1n) is 4.80. The van der Waals surface area contributed by atoms with Crippen molar-refractivity contribution in [1.82, 2.24) is 0 Å². The molecular formula is C13H9BrF2. The van der Waals surface area contributed by atoms with Crippen LogP contribution in [0.25, 0.3) is 11.1 Å². The fourth-order valence-electron chi connectivity index (χ4n) is 1.57. The third-order valence-electron chi connectivity index (χ3n) is 2.41. The normalized spacial score (nSPS) is 10.5. The van der Waals surface area contributed by atoms with Crippen LogP contribution in [-0.4, -0.2) is 0 Å². The Morgan fingerprint density at radius 3 is 2.38 bits per heavy atom. The summed E-state index contributed by atoms with van der Waals surface area (Å²) >= 11 is 3.29. The highest BCUT2D eigenvalue weighted by Gasteiger charge is 2.10. The highest BCUT2D eigenvalue weighted by atomic mass is 79.9. The van der Waals surface area contributed by atoms with Crippen molar-refractivity contribution in [1.29, 1.82) is 0 Å². The summed E-state index contributed by atoms with van der Waals surface area (Å²) in [6.07, 6.45) is 0. The van der Waals surface area contributed by atoms with Crippen molar-refractivity contribution in [3.63, 3.8) is 0 Å². The minimum Gasteiger partial charge on any atom is -0.207 e. The van der Waals surface area contributed by atoms with Gasteiger partial charge in [-0.25, -0.2) is 8.78 Å². The smallest absolute Gasteiger partial charge is 0.132 e. The van der Waals surface area contributed by atoms with Crippen LogP contribution >= 0.6 is 15.9 Å². The van der Waals surface area contributed by atoms with Gasteiger partial charge in [-0.3, -0.25) is 0 Å². The Morgan fingerprint density at radius 2 is 1.75 bits per heavy atom. The minimum absolute atomic E-state index is 0.281. The van der Waals surface area contributed by atoms with Gasteiger partial charge in [-0.15, -0.1) is 0 Å². The average molecular weight is 283 g/mol. The number of benzene rings is 2. The number of hydrogen-bond donors (Lipinski definition) is 0. The quantitative estimate of drug-likeness (QED) is 0.711. The zero-order valence-electron chi connectivity index (χ0n) is 8.60. The summed E-state index contributed by atoms with van der Waals surface area (Å²) in [6, 6.07) is 9.34. The summed E-state index contributed by atoms with van der Waals surface area (Å²) < 4.78 is 27.4. The van der Waals surface area contributed by atoms with Gasteiger partial charge in [-0.2, -0.15) is 0 Å². The van der Waals surface area contributed by atoms with E-state index in [9.17, 15) is 8.78 Å². The van der Waals surface area contributed by atoms with Gasteiger partial charge in [-0.1, -0.05) is 28.1 Å². The van der Waals surface area contributed by atoms with Crippen molar-refractivity contribution < 1.29 is 8.78 Å². The third kappa shape index (κ3) is 2.00. The van der Waals surface area contributed by atoms with Gasteiger partial charge in [-0.05, 0) is 42.3 Å². The Kier molecular flexibility index (Phi) is 3.06. The summed E-state index contributed by atoms with van der Waals surface area (Å²) in [4.78, 5) is 0. The van der Waals surface area contributed by atoms with E-state index in [-0.39, 0.29) is 11.6 Å². The Labute approximate surface area is 101 Å². The Morgan fingerprint density at radius 1 is 1.00 bits per heavy atom. The van der Waals surface area contributed by atoms with Crippen LogP contribution in [-0.2, 0) is 0 Å². The molecule has 0 radical (unpaired) electrons. The largest absolute Gasteiger partial charge is 0.207 e. The molecule has 0 nitrogen and oxygen atoms in total. The van der Waals surface area contributed by atoms with Crippen molar-refractivity contribution in [3.05, 3.63) is 58.1 Å². The molecule has 2 rings (SSSR count). The maximum Gasteiger partial charge on any atom is 0.132 e. The first kappa shape index (κ1) is 11.3. The second kappa shape index (κ2) is 4.34. The zero-order chi connectivity index (χ0) is 11.7. The molecule has 0 atom stereocenters. The Hall–Kier alpha value is -1.22. The van der Waals surface area contributed by atoms with Gasteiger partial charge in [0.15, 0.2) is 0 Å². The lowest BCUT2D eigenvalue weighted by molar-refractivity contribution is 0.617. The first-order valence-corrected chi connectivity index (χ1v) is 5.59. The van der Waals surface area contributed by atoms with Crippen molar-refractivity contribution in [2.75, 3.05) is 0 Å². The van der Waals surface area contributed by atoms with Crippen LogP contribution in [0.2, 0.25) is 0 Å². The van der Waals surface area contributed by atoms with Crippen molar-refractivity contribution in [3.8, 4) is 11.1 Å². The molecule has 0 saturated carbocycles. The molecule has 0 saturated heterocycles. The molecule has 0 aromatic heterocycles. The van der Waals surface area contributed by atoms with E-state index in [2.05, 4.69) is 15.9 Å². The van der Waals surface area contributed by atoms with E-state index >= 15 is 0 Å². The summed E-state index contributed by atoms with van der Waals surface area (Å²) in [6.45, 7) is 1.66. The van der Waals surface area contributed by atoms with Crippen LogP contribution in [0.4, 0.5) is 8.78 Å². The molecule has 0 bridgehead atoms. The summed E-state index contributed by atoms with van der Waals surface area (Å²) in [5.74, 6) is -0.600. The maximum atomic E-state index is 13.6. The molecule has 82 valence electrons. The van der Waals surface area contributed by atoms with Gasteiger partial charge in [0.25, 0.3) is 0 Å². The summed E-state index contributed by atoms with van der Waals surface area (Å²) in [5, 5.41) is 0. The first-order chi connectivity index (χ1) is 7.59. The number of halogens is 3. The van der Waals surface area contributed by atoms with Crippen molar-refractivity contribution >= 4 is 15.9 Å². The Balaban J connectivity index is 2.63. The van der Waals surface area contributed by atoms with Gasteiger partial charge in [0.2, 0.25) is 0 Å². The highest BCUT2D eigenvalue weighted by molar-refractivity contribution is 9.10. The van der Waals surface area contributed by atoms with Gasteiger partial charge < -0.3 is 0 Å². The minimum atomic E-state index is -0.319. The van der Waals surface area contributed by atoms with E-state index in [1.165, 1.54) is 12.1 Å². The van der Waals surface area contributed by atoms with E-state index in [4.69, 9.17) is 0 Å². The maximum absolute atomic E-state index is 13.6. The van der Waals surface area contributed by atoms with Gasteiger partial charge >= 0.3 is 0 Å². The lowest BCUT2D eigenvalue weighted by Gasteiger charge is -2.07. The number of hydrogen-bond acceptors (Lipinski definition) is 0. The summed E-state index contributed by atoms with van der Waals surface area (Å²) in [5.41, 5.74) is 1.64. The van der Waals surface area contributed by atoms with Gasteiger partial charge in [0, 0.05) is 10.0 Å². The second-order valence-electron chi connectivity index (χ2n) is 3.56. The molecule has 2 aromatic carbocycles. The van der Waals surface area contributed by atoms with E-state index in [0.29, 0.717) is 21.2 Å². The molecule has 0 aliphatic rings. The molecule has 0 N–H and O–H groups in total. The molecule has 16 heavy (non-hydrogen) atoms. The van der Waals surface area contributed by atoms with Gasteiger partial charge in [0.1, 0.15) is 11.6 Å². The van der Waals surface area contributed by atoms with Crippen LogP contribution in [0.1, 0.15) is 5.56 Å². The van der Waals surface area contributed by atoms with Crippen LogP contribution in [0.3, 0.4) is 0 Å². The number of rotatable bonds is 1. The predicted octanol–water partition coefficient (Wildman–Crippen LogP) is 4.70. The molecule has 0 unspecified atom stereocenters. The lowest BCUT2D eigenvalue weighted by Crippen LogP contribution is -1.88. The van der Waals surface area contributed by atoms with Gasteiger partial charge in [0.05, 0.1) is 0 Å². The van der Waals surface area contributed by atoms with E-state index < -0.39 is 0 Å². The highest BCUT2D eigenvalue weighted by Crippen LogP contribution is 2.31. The molecule has 0 aliphatic heterocycles. The molecule has 2 aromatic rings. The van der Waals surface area contributed by atoms with Crippen LogP contribution in [0, 0.1) is 18.6 Å². The fraction of sp³-hybridized carbons (Fsp3) is 0.0769. The molecular weight excluding hydrogens is 274 g/mol. The van der Waals surface area contributed by atoms with Crippen molar-refractivity contribution in [2.45, 2.75) is 6.92 Å². The topological polar surface area (TPSA) is 0 Å². The standard InChI is InChI=1S/C13H9BrF2/c1-8-7-9(5-6-11(8)15)13-10(14)3-2-4-12(13)16/h2-7H,1H3. The molecule has 0 spiro atoms. The average Bonchev–Trinajstić information content (AvgIpc) is 2.23. The van der Waals surface area contributed by atoms with Crippen LogP contribution in [0.5, 0.6) is 0 Å². The van der Waals surface area contributed by atoms with Crippen LogP contribution in [0.15, 0.2) is 40.9 Å². The molecule has 0 aliphatic carbocycles. The summed E-state index contributed by atoms with van der Waals surface area (Å²) in [7, 11) is 0. The monoisotopic (exact) mass is 282 g/mol. The molecule has 0 fully saturated rings. The third-order valence-corrected chi connectivity index (χ3v) is 3.07.